The van der Waals surface area contributed by atoms with Crippen LogP contribution in [0.25, 0.3) is 16.6 Å². The summed E-state index contributed by atoms with van der Waals surface area (Å²) in [5.41, 5.74) is 0.659. The standard InChI is InChI=1S/C22H14Cl2N4O4S/c23-16-10-14(28(31)32)11-17(24)20(16)26-19(29)12-33-22-25-18-9-5-4-8-15(18)21(30)27(22)13-6-2-1-3-7-13/h1-11H,12H2,(H,26,29). The lowest BCUT2D eigenvalue weighted by Gasteiger charge is -2.13. The molecule has 0 saturated heterocycles. The molecule has 3 aromatic carbocycles. The van der Waals surface area contributed by atoms with Crippen LogP contribution in [0.1, 0.15) is 0 Å². The number of fused-ring (bicyclic) bond motifs is 1. The fourth-order valence-corrected chi connectivity index (χ4v) is 4.49. The van der Waals surface area contributed by atoms with E-state index >= 15 is 0 Å². The molecule has 0 radical (unpaired) electrons. The molecule has 4 aromatic rings. The number of benzene rings is 3. The van der Waals surface area contributed by atoms with E-state index < -0.39 is 10.8 Å². The molecule has 1 amide bonds. The zero-order valence-electron chi connectivity index (χ0n) is 16.7. The fourth-order valence-electron chi connectivity index (χ4n) is 3.10. The first-order valence-corrected chi connectivity index (χ1v) is 11.2. The molecule has 0 spiro atoms. The van der Waals surface area contributed by atoms with Crippen LogP contribution < -0.4 is 10.9 Å². The number of carbonyl (C=O) groups excluding carboxylic acids is 1. The van der Waals surface area contributed by atoms with Gasteiger partial charge in [-0.3, -0.25) is 24.3 Å². The molecule has 8 nitrogen and oxygen atoms in total. The lowest BCUT2D eigenvalue weighted by Crippen LogP contribution is -2.23. The number of para-hydroxylation sites is 2. The molecule has 0 aliphatic carbocycles. The minimum atomic E-state index is -0.631. The second-order valence-electron chi connectivity index (χ2n) is 6.77. The Morgan fingerprint density at radius 1 is 1.06 bits per heavy atom. The van der Waals surface area contributed by atoms with Gasteiger partial charge in [-0.05, 0) is 24.3 Å². The Hall–Kier alpha value is -3.40. The van der Waals surface area contributed by atoms with Gasteiger partial charge in [-0.15, -0.1) is 0 Å². The Kier molecular flexibility index (Phi) is 6.64. The molecule has 1 aromatic heterocycles. The van der Waals surface area contributed by atoms with Crippen LogP contribution in [0.3, 0.4) is 0 Å². The van der Waals surface area contributed by atoms with Crippen LogP contribution in [-0.2, 0) is 4.79 Å². The lowest BCUT2D eigenvalue weighted by atomic mass is 10.2. The van der Waals surface area contributed by atoms with Crippen molar-refractivity contribution in [1.82, 2.24) is 9.55 Å². The van der Waals surface area contributed by atoms with Crippen LogP contribution in [0.15, 0.2) is 76.7 Å². The van der Waals surface area contributed by atoms with E-state index in [9.17, 15) is 19.7 Å². The number of halogens is 2. The number of thioether (sulfide) groups is 1. The molecular formula is C22H14Cl2N4O4S. The number of carbonyl (C=O) groups is 1. The largest absolute Gasteiger partial charge is 0.323 e. The van der Waals surface area contributed by atoms with Gasteiger partial charge in [0.2, 0.25) is 5.91 Å². The summed E-state index contributed by atoms with van der Waals surface area (Å²) in [4.78, 5) is 40.7. The maximum absolute atomic E-state index is 13.2. The van der Waals surface area contributed by atoms with E-state index in [-0.39, 0.29) is 32.7 Å². The molecular weight excluding hydrogens is 487 g/mol. The summed E-state index contributed by atoms with van der Waals surface area (Å²) < 4.78 is 1.45. The highest BCUT2D eigenvalue weighted by atomic mass is 35.5. The van der Waals surface area contributed by atoms with Gasteiger partial charge in [-0.25, -0.2) is 4.98 Å². The predicted molar refractivity (Wildman–Crippen MR) is 130 cm³/mol. The Morgan fingerprint density at radius 2 is 1.70 bits per heavy atom. The molecule has 33 heavy (non-hydrogen) atoms. The minimum Gasteiger partial charge on any atom is -0.323 e. The molecule has 0 aliphatic heterocycles. The lowest BCUT2D eigenvalue weighted by molar-refractivity contribution is -0.384. The first kappa shape index (κ1) is 22.8. The Balaban J connectivity index is 1.63. The average Bonchev–Trinajstić information content (AvgIpc) is 2.80. The van der Waals surface area contributed by atoms with Gasteiger partial charge in [0.15, 0.2) is 5.16 Å². The van der Waals surface area contributed by atoms with E-state index in [4.69, 9.17) is 23.2 Å². The Morgan fingerprint density at radius 3 is 2.36 bits per heavy atom. The second-order valence-corrected chi connectivity index (χ2v) is 8.52. The van der Waals surface area contributed by atoms with Gasteiger partial charge in [0, 0.05) is 12.1 Å². The van der Waals surface area contributed by atoms with Gasteiger partial charge >= 0.3 is 0 Å². The van der Waals surface area contributed by atoms with Crippen molar-refractivity contribution in [2.75, 3.05) is 11.1 Å². The third-order valence-corrected chi connectivity index (χ3v) is 6.13. The van der Waals surface area contributed by atoms with Gasteiger partial charge in [0.05, 0.1) is 43.0 Å². The van der Waals surface area contributed by atoms with Crippen LogP contribution in [0.5, 0.6) is 0 Å². The summed E-state index contributed by atoms with van der Waals surface area (Å²) in [7, 11) is 0. The molecule has 1 heterocycles. The summed E-state index contributed by atoms with van der Waals surface area (Å²) in [6, 6.07) is 18.2. The van der Waals surface area contributed by atoms with Gasteiger partial charge in [-0.1, -0.05) is 65.3 Å². The van der Waals surface area contributed by atoms with Crippen molar-refractivity contribution in [1.29, 1.82) is 0 Å². The summed E-state index contributed by atoms with van der Waals surface area (Å²) in [5, 5.41) is 14.2. The third-order valence-electron chi connectivity index (χ3n) is 4.59. The highest BCUT2D eigenvalue weighted by Gasteiger charge is 2.18. The van der Waals surface area contributed by atoms with Crippen molar-refractivity contribution in [2.45, 2.75) is 5.16 Å². The number of nitro groups is 1. The first-order valence-electron chi connectivity index (χ1n) is 9.48. The molecule has 166 valence electrons. The number of rotatable bonds is 6. The molecule has 0 bridgehead atoms. The molecule has 0 atom stereocenters. The van der Waals surface area contributed by atoms with Crippen LogP contribution in [-0.4, -0.2) is 26.1 Å². The van der Waals surface area contributed by atoms with Crippen LogP contribution in [0.4, 0.5) is 11.4 Å². The smallest absolute Gasteiger partial charge is 0.272 e. The highest BCUT2D eigenvalue weighted by Crippen LogP contribution is 2.35. The van der Waals surface area contributed by atoms with E-state index in [0.29, 0.717) is 21.7 Å². The number of hydrogen-bond donors (Lipinski definition) is 1. The van der Waals surface area contributed by atoms with E-state index in [0.717, 1.165) is 23.9 Å². The summed E-state index contributed by atoms with van der Waals surface area (Å²) >= 11 is 13.2. The first-order chi connectivity index (χ1) is 15.8. The summed E-state index contributed by atoms with van der Waals surface area (Å²) in [5.74, 6) is -0.582. The summed E-state index contributed by atoms with van der Waals surface area (Å²) in [6.45, 7) is 0. The molecule has 0 aliphatic rings. The Bertz CT molecular complexity index is 1420. The van der Waals surface area contributed by atoms with Crippen LogP contribution in [0.2, 0.25) is 10.0 Å². The molecule has 0 unspecified atom stereocenters. The van der Waals surface area contributed by atoms with Crippen molar-refractivity contribution in [3.8, 4) is 5.69 Å². The average molecular weight is 501 g/mol. The maximum atomic E-state index is 13.2. The quantitative estimate of drug-likeness (QED) is 0.166. The van der Waals surface area contributed by atoms with Crippen molar-refractivity contribution in [3.63, 3.8) is 0 Å². The van der Waals surface area contributed by atoms with E-state index in [1.807, 2.05) is 6.07 Å². The van der Waals surface area contributed by atoms with Crippen molar-refractivity contribution in [3.05, 3.63) is 97.2 Å². The van der Waals surface area contributed by atoms with Gasteiger partial charge < -0.3 is 5.32 Å². The summed E-state index contributed by atoms with van der Waals surface area (Å²) in [6.07, 6.45) is 0. The van der Waals surface area contributed by atoms with E-state index in [1.165, 1.54) is 4.57 Å². The van der Waals surface area contributed by atoms with Crippen molar-refractivity contribution in [2.24, 2.45) is 0 Å². The van der Waals surface area contributed by atoms with Crippen LogP contribution >= 0.6 is 35.0 Å². The maximum Gasteiger partial charge on any atom is 0.272 e. The predicted octanol–water partition coefficient (Wildman–Crippen LogP) is 5.33. The number of aromatic nitrogens is 2. The fraction of sp³-hybridized carbons (Fsp3) is 0.0455. The molecule has 11 heteroatoms. The topological polar surface area (TPSA) is 107 Å². The van der Waals surface area contributed by atoms with E-state index in [2.05, 4.69) is 10.3 Å². The molecule has 0 fully saturated rings. The minimum absolute atomic E-state index is 0.0578. The van der Waals surface area contributed by atoms with Crippen LogP contribution in [0, 0.1) is 10.1 Å². The van der Waals surface area contributed by atoms with Gasteiger partial charge in [0.1, 0.15) is 0 Å². The number of anilines is 1. The second kappa shape index (κ2) is 9.62. The Labute approximate surface area is 201 Å². The number of nitro benzene ring substituents is 1. The zero-order valence-corrected chi connectivity index (χ0v) is 19.0. The highest BCUT2D eigenvalue weighted by molar-refractivity contribution is 7.99. The van der Waals surface area contributed by atoms with E-state index in [1.54, 1.807) is 48.5 Å². The van der Waals surface area contributed by atoms with Gasteiger partial charge in [0.25, 0.3) is 11.2 Å². The van der Waals surface area contributed by atoms with Crippen molar-refractivity contribution >= 4 is 63.1 Å². The SMILES string of the molecule is O=C(CSc1nc2ccccc2c(=O)n1-c1ccccc1)Nc1c(Cl)cc([N+](=O)[O-])cc1Cl. The molecule has 1 N–H and O–H groups in total. The van der Waals surface area contributed by atoms with Crippen molar-refractivity contribution < 1.29 is 9.72 Å². The molecule has 0 saturated carbocycles. The monoisotopic (exact) mass is 500 g/mol. The molecule has 4 rings (SSSR count). The number of nitrogens with one attached hydrogen (secondary N) is 1. The zero-order chi connectivity index (χ0) is 23.5. The normalized spacial score (nSPS) is 10.8. The third kappa shape index (κ3) is 4.85. The number of amides is 1. The number of nitrogens with zero attached hydrogens (tertiary/aromatic N) is 3. The number of non-ortho nitro benzene ring substituents is 1. The number of hydrogen-bond acceptors (Lipinski definition) is 6. The van der Waals surface area contributed by atoms with Gasteiger partial charge in [-0.2, -0.15) is 0 Å².